The third-order valence-electron chi connectivity index (χ3n) is 6.40. The Kier molecular flexibility index (Phi) is 8.05. The number of carbonyl (C=O) groups excluding carboxylic acids is 2. The van der Waals surface area contributed by atoms with Gasteiger partial charge in [0.15, 0.2) is 0 Å². The summed E-state index contributed by atoms with van der Waals surface area (Å²) < 4.78 is 5.39. The van der Waals surface area contributed by atoms with Crippen molar-refractivity contribution in [2.45, 2.75) is 26.4 Å². The third-order valence-corrected chi connectivity index (χ3v) is 6.90. The molecule has 0 spiro atoms. The first-order chi connectivity index (χ1) is 17.8. The van der Waals surface area contributed by atoms with Gasteiger partial charge in [0, 0.05) is 30.0 Å². The average molecular weight is 540 g/mol. The smallest absolute Gasteiger partial charge is 0.296 e. The van der Waals surface area contributed by atoms with Crippen molar-refractivity contribution in [2.75, 3.05) is 25.1 Å². The fourth-order valence-electron chi connectivity index (χ4n) is 4.60. The van der Waals surface area contributed by atoms with Crippen LogP contribution in [0.1, 0.15) is 36.7 Å². The molecule has 2 aromatic carbocycles. The molecule has 1 aliphatic rings. The number of pyridine rings is 1. The van der Waals surface area contributed by atoms with Crippen molar-refractivity contribution in [2.24, 2.45) is 0 Å². The van der Waals surface area contributed by atoms with Crippen molar-refractivity contribution < 1.29 is 19.4 Å². The van der Waals surface area contributed by atoms with Crippen molar-refractivity contribution in [1.82, 2.24) is 9.88 Å². The van der Waals surface area contributed by atoms with Crippen molar-refractivity contribution in [3.63, 3.8) is 0 Å². The molecule has 37 heavy (non-hydrogen) atoms. The van der Waals surface area contributed by atoms with E-state index in [4.69, 9.17) is 27.9 Å². The van der Waals surface area contributed by atoms with Gasteiger partial charge in [-0.2, -0.15) is 0 Å². The van der Waals surface area contributed by atoms with Crippen molar-refractivity contribution >= 4 is 46.3 Å². The summed E-state index contributed by atoms with van der Waals surface area (Å²) in [6.07, 6.45) is 1.62. The number of rotatable bonds is 8. The van der Waals surface area contributed by atoms with Crippen LogP contribution in [0.4, 0.5) is 5.69 Å². The number of amides is 1. The fraction of sp³-hybridized carbons (Fsp3) is 0.250. The number of aliphatic hydroxyl groups is 1. The van der Waals surface area contributed by atoms with E-state index in [2.05, 4.69) is 23.7 Å². The summed E-state index contributed by atoms with van der Waals surface area (Å²) in [7, 11) is 1.40. The molecule has 4 rings (SSSR count). The monoisotopic (exact) mass is 539 g/mol. The SMILES string of the molecule is CCN(CC)c1ccc(C2/C(=C(\O)c3cc(Cl)cc(Cl)c3OC)C(=O)C(=O)N2Cc2ccccn2)cc1. The van der Waals surface area contributed by atoms with Crippen LogP contribution in [0.25, 0.3) is 5.76 Å². The van der Waals surface area contributed by atoms with Crippen LogP contribution in [0.15, 0.2) is 66.4 Å². The van der Waals surface area contributed by atoms with Gasteiger partial charge in [-0.15, -0.1) is 0 Å². The zero-order valence-corrected chi connectivity index (χ0v) is 22.3. The molecule has 1 aliphatic heterocycles. The summed E-state index contributed by atoms with van der Waals surface area (Å²) in [4.78, 5) is 34.6. The first-order valence-electron chi connectivity index (χ1n) is 11.9. The van der Waals surface area contributed by atoms with Gasteiger partial charge >= 0.3 is 0 Å². The van der Waals surface area contributed by atoms with Gasteiger partial charge in [0.05, 0.1) is 41.5 Å². The minimum atomic E-state index is -0.866. The molecule has 1 unspecified atom stereocenters. The number of nitrogens with zero attached hydrogens (tertiary/aromatic N) is 3. The molecule has 1 amide bonds. The number of hydrogen-bond acceptors (Lipinski definition) is 6. The number of aliphatic hydroxyl groups excluding tert-OH is 1. The van der Waals surface area contributed by atoms with Crippen LogP contribution in [-0.2, 0) is 16.1 Å². The second-order valence-electron chi connectivity index (χ2n) is 8.48. The first kappa shape index (κ1) is 26.5. The van der Waals surface area contributed by atoms with Gasteiger partial charge in [-0.25, -0.2) is 0 Å². The predicted molar refractivity (Wildman–Crippen MR) is 145 cm³/mol. The number of Topliss-reactive ketones (excluding diaryl/α,β-unsaturated/α-hetero) is 1. The quantitative estimate of drug-likeness (QED) is 0.219. The number of ketones is 1. The number of carbonyl (C=O) groups is 2. The van der Waals surface area contributed by atoms with Crippen molar-refractivity contribution in [3.8, 4) is 5.75 Å². The van der Waals surface area contributed by atoms with Crippen molar-refractivity contribution in [3.05, 3.63) is 93.2 Å². The molecule has 7 nitrogen and oxygen atoms in total. The molecule has 2 heterocycles. The second-order valence-corrected chi connectivity index (χ2v) is 9.32. The molecule has 1 aromatic heterocycles. The molecule has 0 radical (unpaired) electrons. The summed E-state index contributed by atoms with van der Waals surface area (Å²) in [5.74, 6) is -1.82. The van der Waals surface area contributed by atoms with Crippen LogP contribution in [0.5, 0.6) is 5.75 Å². The molecule has 0 bridgehead atoms. The molecule has 1 fully saturated rings. The van der Waals surface area contributed by atoms with E-state index in [1.807, 2.05) is 30.3 Å². The summed E-state index contributed by atoms with van der Waals surface area (Å²) in [6.45, 7) is 5.90. The van der Waals surface area contributed by atoms with Gasteiger partial charge in [-0.05, 0) is 55.8 Å². The molecule has 3 aromatic rings. The van der Waals surface area contributed by atoms with Crippen LogP contribution < -0.4 is 9.64 Å². The highest BCUT2D eigenvalue weighted by molar-refractivity contribution is 6.46. The van der Waals surface area contributed by atoms with E-state index in [0.717, 1.165) is 18.8 Å². The maximum absolute atomic E-state index is 13.4. The topological polar surface area (TPSA) is 83.0 Å². The number of methoxy groups -OCH3 is 1. The van der Waals surface area contributed by atoms with E-state index in [9.17, 15) is 14.7 Å². The van der Waals surface area contributed by atoms with Crippen molar-refractivity contribution in [1.29, 1.82) is 0 Å². The standard InChI is InChI=1S/C28H27Cl2N3O4/c1-4-32(5-2)20-11-9-17(10-12-20)24-23(25(34)21-14-18(29)15-22(30)27(21)37-3)26(35)28(36)33(24)16-19-8-6-7-13-31-19/h6-15,24,34H,4-5,16H2,1-3H3/b25-23+. The highest BCUT2D eigenvalue weighted by Gasteiger charge is 2.46. The molecule has 0 saturated carbocycles. The van der Waals surface area contributed by atoms with Gasteiger partial charge in [0.1, 0.15) is 11.5 Å². The van der Waals surface area contributed by atoms with E-state index in [1.165, 1.54) is 24.1 Å². The molecule has 1 saturated heterocycles. The first-order valence-corrected chi connectivity index (χ1v) is 12.6. The van der Waals surface area contributed by atoms with Gasteiger partial charge in [-0.1, -0.05) is 41.4 Å². The minimum absolute atomic E-state index is 0.0758. The lowest BCUT2D eigenvalue weighted by atomic mass is 9.94. The van der Waals surface area contributed by atoms with E-state index >= 15 is 0 Å². The van der Waals surface area contributed by atoms with Gasteiger partial charge in [0.25, 0.3) is 11.7 Å². The molecule has 1 atom stereocenters. The van der Waals surface area contributed by atoms with E-state index < -0.39 is 23.5 Å². The highest BCUT2D eigenvalue weighted by atomic mass is 35.5. The number of halogens is 2. The largest absolute Gasteiger partial charge is 0.507 e. The van der Waals surface area contributed by atoms with E-state index in [-0.39, 0.29) is 33.5 Å². The Bertz CT molecular complexity index is 1340. The lowest BCUT2D eigenvalue weighted by Gasteiger charge is -2.26. The number of likely N-dealkylation sites (tertiary alicyclic amines) is 1. The Hall–Kier alpha value is -3.55. The lowest BCUT2D eigenvalue weighted by Crippen LogP contribution is -2.29. The molecular formula is C28H27Cl2N3O4. The Balaban J connectivity index is 1.90. The van der Waals surface area contributed by atoms with E-state index in [1.54, 1.807) is 18.3 Å². The van der Waals surface area contributed by atoms with Gasteiger partial charge < -0.3 is 19.6 Å². The summed E-state index contributed by atoms with van der Waals surface area (Å²) in [5.41, 5.74) is 2.34. The average Bonchev–Trinajstić information content (AvgIpc) is 3.14. The zero-order chi connectivity index (χ0) is 26.7. The number of anilines is 1. The summed E-state index contributed by atoms with van der Waals surface area (Å²) >= 11 is 12.5. The fourth-order valence-corrected chi connectivity index (χ4v) is 5.17. The normalized spacial score (nSPS) is 16.8. The molecule has 1 N–H and O–H groups in total. The predicted octanol–water partition coefficient (Wildman–Crippen LogP) is 5.87. The Morgan fingerprint density at radius 2 is 1.78 bits per heavy atom. The van der Waals surface area contributed by atoms with Crippen LogP contribution in [0.3, 0.4) is 0 Å². The highest BCUT2D eigenvalue weighted by Crippen LogP contribution is 2.44. The molecular weight excluding hydrogens is 513 g/mol. The Morgan fingerprint density at radius 3 is 2.38 bits per heavy atom. The number of aromatic nitrogens is 1. The lowest BCUT2D eigenvalue weighted by molar-refractivity contribution is -0.140. The summed E-state index contributed by atoms with van der Waals surface area (Å²) in [5, 5.41) is 11.9. The zero-order valence-electron chi connectivity index (χ0n) is 20.7. The third kappa shape index (κ3) is 5.15. The number of ether oxygens (including phenoxy) is 1. The number of benzene rings is 2. The van der Waals surface area contributed by atoms with Crippen LogP contribution in [-0.4, -0.2) is 46.9 Å². The Morgan fingerprint density at radius 1 is 1.08 bits per heavy atom. The maximum atomic E-state index is 13.4. The molecule has 192 valence electrons. The van der Waals surface area contributed by atoms with Crippen LogP contribution >= 0.6 is 23.2 Å². The Labute approximate surface area is 225 Å². The van der Waals surface area contributed by atoms with E-state index in [0.29, 0.717) is 11.3 Å². The molecule has 0 aliphatic carbocycles. The minimum Gasteiger partial charge on any atom is -0.507 e. The molecule has 9 heteroatoms. The van der Waals surface area contributed by atoms with Crippen LogP contribution in [0.2, 0.25) is 10.0 Å². The van der Waals surface area contributed by atoms with Crippen LogP contribution in [0, 0.1) is 0 Å². The summed E-state index contributed by atoms with van der Waals surface area (Å²) in [6, 6.07) is 15.0. The second kappa shape index (κ2) is 11.2. The maximum Gasteiger partial charge on any atom is 0.296 e. The van der Waals surface area contributed by atoms with Gasteiger partial charge in [0.2, 0.25) is 0 Å². The van der Waals surface area contributed by atoms with Gasteiger partial charge in [-0.3, -0.25) is 14.6 Å². The number of hydrogen-bond donors (Lipinski definition) is 1.